The van der Waals surface area contributed by atoms with Crippen molar-refractivity contribution < 1.29 is 9.47 Å². The summed E-state index contributed by atoms with van der Waals surface area (Å²) in [6.07, 6.45) is 2.53. The summed E-state index contributed by atoms with van der Waals surface area (Å²) >= 11 is 0. The zero-order valence-electron chi connectivity index (χ0n) is 13.0. The van der Waals surface area contributed by atoms with E-state index < -0.39 is 0 Å². The van der Waals surface area contributed by atoms with Crippen molar-refractivity contribution >= 4 is 0 Å². The van der Waals surface area contributed by atoms with Crippen LogP contribution in [0, 0.1) is 6.92 Å². The van der Waals surface area contributed by atoms with Gasteiger partial charge in [0.15, 0.2) is 0 Å². The second-order valence-corrected chi connectivity index (χ2v) is 5.82. The molecule has 0 radical (unpaired) electrons. The fourth-order valence-electron chi connectivity index (χ4n) is 2.58. The summed E-state index contributed by atoms with van der Waals surface area (Å²) < 4.78 is 11.4. The maximum absolute atomic E-state index is 5.96. The van der Waals surface area contributed by atoms with Crippen LogP contribution >= 0.6 is 0 Å². The van der Waals surface area contributed by atoms with Gasteiger partial charge in [-0.2, -0.15) is 0 Å². The first kappa shape index (κ1) is 15.3. The molecule has 1 aromatic rings. The SMILES string of the molecule is Cc1ccc(OC(C)CCC(C)N2CCOCC2)cc1. The van der Waals surface area contributed by atoms with Crippen LogP contribution in [-0.4, -0.2) is 43.3 Å². The van der Waals surface area contributed by atoms with E-state index in [1.54, 1.807) is 0 Å². The van der Waals surface area contributed by atoms with Gasteiger partial charge < -0.3 is 9.47 Å². The molecular formula is C17H27NO2. The van der Waals surface area contributed by atoms with Crippen molar-refractivity contribution in [1.82, 2.24) is 4.90 Å². The second kappa shape index (κ2) is 7.65. The summed E-state index contributed by atoms with van der Waals surface area (Å²) in [5.74, 6) is 0.974. The van der Waals surface area contributed by atoms with Crippen molar-refractivity contribution in [1.29, 1.82) is 0 Å². The molecule has 2 atom stereocenters. The molecule has 1 aromatic carbocycles. The van der Waals surface area contributed by atoms with Crippen LogP contribution in [0.25, 0.3) is 0 Å². The first-order valence-corrected chi connectivity index (χ1v) is 7.70. The molecule has 1 saturated heterocycles. The van der Waals surface area contributed by atoms with E-state index in [-0.39, 0.29) is 6.10 Å². The summed E-state index contributed by atoms with van der Waals surface area (Å²) in [5, 5.41) is 0. The molecule has 3 heteroatoms. The van der Waals surface area contributed by atoms with Gasteiger partial charge in [0.05, 0.1) is 19.3 Å². The lowest BCUT2D eigenvalue weighted by atomic mass is 10.1. The summed E-state index contributed by atoms with van der Waals surface area (Å²) in [6.45, 7) is 10.4. The summed E-state index contributed by atoms with van der Waals surface area (Å²) in [6, 6.07) is 8.91. The Morgan fingerprint density at radius 1 is 1.10 bits per heavy atom. The van der Waals surface area contributed by atoms with Gasteiger partial charge in [-0.25, -0.2) is 0 Å². The zero-order valence-corrected chi connectivity index (χ0v) is 13.0. The summed E-state index contributed by atoms with van der Waals surface area (Å²) in [7, 11) is 0. The number of ether oxygens (including phenoxy) is 2. The first-order chi connectivity index (χ1) is 9.65. The highest BCUT2D eigenvalue weighted by Crippen LogP contribution is 2.17. The van der Waals surface area contributed by atoms with Crippen molar-refractivity contribution in [2.45, 2.75) is 45.8 Å². The van der Waals surface area contributed by atoms with Gasteiger partial charge in [0, 0.05) is 19.1 Å². The number of rotatable bonds is 6. The van der Waals surface area contributed by atoms with Crippen molar-refractivity contribution in [2.24, 2.45) is 0 Å². The Hall–Kier alpha value is -1.06. The van der Waals surface area contributed by atoms with Gasteiger partial charge in [0.2, 0.25) is 0 Å². The van der Waals surface area contributed by atoms with Crippen LogP contribution in [0.3, 0.4) is 0 Å². The predicted molar refractivity (Wildman–Crippen MR) is 82.4 cm³/mol. The molecule has 3 nitrogen and oxygen atoms in total. The monoisotopic (exact) mass is 277 g/mol. The highest BCUT2D eigenvalue weighted by Gasteiger charge is 2.17. The molecular weight excluding hydrogens is 250 g/mol. The van der Waals surface area contributed by atoms with Gasteiger partial charge in [0.25, 0.3) is 0 Å². The van der Waals surface area contributed by atoms with Gasteiger partial charge >= 0.3 is 0 Å². The number of morpholine rings is 1. The predicted octanol–water partition coefficient (Wildman–Crippen LogP) is 3.26. The topological polar surface area (TPSA) is 21.7 Å². The lowest BCUT2D eigenvalue weighted by molar-refractivity contribution is 0.0164. The van der Waals surface area contributed by atoms with E-state index in [0.717, 1.165) is 38.5 Å². The molecule has 1 aliphatic heterocycles. The molecule has 1 aliphatic rings. The molecule has 20 heavy (non-hydrogen) atoms. The summed E-state index contributed by atoms with van der Waals surface area (Å²) in [4.78, 5) is 2.52. The van der Waals surface area contributed by atoms with E-state index >= 15 is 0 Å². The largest absolute Gasteiger partial charge is 0.491 e. The Morgan fingerprint density at radius 2 is 1.75 bits per heavy atom. The number of aryl methyl sites for hydroxylation is 1. The molecule has 0 N–H and O–H groups in total. The Kier molecular flexibility index (Phi) is 5.86. The molecule has 0 saturated carbocycles. The van der Waals surface area contributed by atoms with Crippen LogP contribution in [0.4, 0.5) is 0 Å². The van der Waals surface area contributed by atoms with E-state index in [9.17, 15) is 0 Å². The van der Waals surface area contributed by atoms with Crippen LogP contribution in [0.15, 0.2) is 24.3 Å². The molecule has 0 bridgehead atoms. The van der Waals surface area contributed by atoms with Crippen molar-refractivity contribution in [2.75, 3.05) is 26.3 Å². The fourth-order valence-corrected chi connectivity index (χ4v) is 2.58. The molecule has 1 fully saturated rings. The smallest absolute Gasteiger partial charge is 0.119 e. The Bertz CT molecular complexity index is 384. The third-order valence-corrected chi connectivity index (χ3v) is 4.02. The lowest BCUT2D eigenvalue weighted by Gasteiger charge is -2.32. The quantitative estimate of drug-likeness (QED) is 0.796. The summed E-state index contributed by atoms with van der Waals surface area (Å²) in [5.41, 5.74) is 1.27. The van der Waals surface area contributed by atoms with Gasteiger partial charge in [-0.05, 0) is 45.7 Å². The molecule has 0 amide bonds. The van der Waals surface area contributed by atoms with E-state index in [1.165, 1.54) is 12.0 Å². The highest BCUT2D eigenvalue weighted by molar-refractivity contribution is 5.26. The third-order valence-electron chi connectivity index (χ3n) is 4.02. The Balaban J connectivity index is 1.71. The van der Waals surface area contributed by atoms with Gasteiger partial charge in [-0.3, -0.25) is 4.90 Å². The minimum atomic E-state index is 0.265. The zero-order chi connectivity index (χ0) is 14.4. The molecule has 0 aliphatic carbocycles. The number of benzene rings is 1. The van der Waals surface area contributed by atoms with Crippen LogP contribution < -0.4 is 4.74 Å². The van der Waals surface area contributed by atoms with E-state index in [4.69, 9.17) is 9.47 Å². The minimum absolute atomic E-state index is 0.265. The van der Waals surface area contributed by atoms with Crippen molar-refractivity contribution in [3.05, 3.63) is 29.8 Å². The maximum Gasteiger partial charge on any atom is 0.119 e. The van der Waals surface area contributed by atoms with Crippen LogP contribution in [0.2, 0.25) is 0 Å². The molecule has 2 unspecified atom stereocenters. The lowest BCUT2D eigenvalue weighted by Crippen LogP contribution is -2.42. The third kappa shape index (κ3) is 4.80. The normalized spacial score (nSPS) is 19.6. The number of hydrogen-bond donors (Lipinski definition) is 0. The van der Waals surface area contributed by atoms with Gasteiger partial charge in [0.1, 0.15) is 5.75 Å². The number of hydrogen-bond acceptors (Lipinski definition) is 3. The van der Waals surface area contributed by atoms with Gasteiger partial charge in [-0.1, -0.05) is 17.7 Å². The van der Waals surface area contributed by atoms with Crippen LogP contribution in [0.1, 0.15) is 32.3 Å². The highest BCUT2D eigenvalue weighted by atomic mass is 16.5. The van der Waals surface area contributed by atoms with Crippen LogP contribution in [0.5, 0.6) is 5.75 Å². The van der Waals surface area contributed by atoms with E-state index in [2.05, 4.69) is 49.9 Å². The molecule has 1 heterocycles. The average Bonchev–Trinajstić information content (AvgIpc) is 2.48. The molecule has 2 rings (SSSR count). The fraction of sp³-hybridized carbons (Fsp3) is 0.647. The molecule has 0 aromatic heterocycles. The van der Waals surface area contributed by atoms with Crippen molar-refractivity contribution in [3.63, 3.8) is 0 Å². The Labute approximate surface area is 122 Å². The first-order valence-electron chi connectivity index (χ1n) is 7.70. The maximum atomic E-state index is 5.96. The van der Waals surface area contributed by atoms with E-state index in [0.29, 0.717) is 6.04 Å². The molecule has 112 valence electrons. The minimum Gasteiger partial charge on any atom is -0.491 e. The standard InChI is InChI=1S/C17H27NO2/c1-14-4-8-17(9-5-14)20-16(3)7-6-15(2)18-10-12-19-13-11-18/h4-5,8-9,15-16H,6-7,10-13H2,1-3H3. The van der Waals surface area contributed by atoms with Crippen molar-refractivity contribution in [3.8, 4) is 5.75 Å². The average molecular weight is 277 g/mol. The van der Waals surface area contributed by atoms with Crippen LogP contribution in [-0.2, 0) is 4.74 Å². The van der Waals surface area contributed by atoms with Gasteiger partial charge in [-0.15, -0.1) is 0 Å². The van der Waals surface area contributed by atoms with E-state index in [1.807, 2.05) is 0 Å². The number of nitrogens with zero attached hydrogens (tertiary/aromatic N) is 1. The molecule has 0 spiro atoms. The second-order valence-electron chi connectivity index (χ2n) is 5.82. The Morgan fingerprint density at radius 3 is 2.40 bits per heavy atom.